The van der Waals surface area contributed by atoms with Crippen LogP contribution in [0.5, 0.6) is 0 Å². The Morgan fingerprint density at radius 2 is 2.09 bits per heavy atom. The molecule has 1 fully saturated rings. The van der Waals surface area contributed by atoms with E-state index >= 15 is 0 Å². The first kappa shape index (κ1) is 17.3. The summed E-state index contributed by atoms with van der Waals surface area (Å²) in [5, 5.41) is 15.4. The standard InChI is InChI=1S/C18H25N3O2/c1-18(2,3)23-17(22)21-16-8-7-15(10-16)20-12-14-6-4-5-13(9-14)11-19/h4-6,9,15-16,20H,7-8,10,12H2,1-3H3,(H,21,22). The molecular weight excluding hydrogens is 290 g/mol. The van der Waals surface area contributed by atoms with E-state index in [-0.39, 0.29) is 12.1 Å². The van der Waals surface area contributed by atoms with E-state index in [1.807, 2.05) is 39.0 Å². The molecule has 2 rings (SSSR count). The molecular formula is C18H25N3O2. The van der Waals surface area contributed by atoms with Crippen LogP contribution >= 0.6 is 0 Å². The van der Waals surface area contributed by atoms with Crippen LogP contribution in [-0.2, 0) is 11.3 Å². The lowest BCUT2D eigenvalue weighted by molar-refractivity contribution is 0.0505. The summed E-state index contributed by atoms with van der Waals surface area (Å²) >= 11 is 0. The molecule has 5 heteroatoms. The number of hydrogen-bond acceptors (Lipinski definition) is 4. The summed E-state index contributed by atoms with van der Waals surface area (Å²) in [7, 11) is 0. The highest BCUT2D eigenvalue weighted by atomic mass is 16.6. The summed E-state index contributed by atoms with van der Waals surface area (Å²) < 4.78 is 5.29. The van der Waals surface area contributed by atoms with E-state index in [2.05, 4.69) is 16.7 Å². The Morgan fingerprint density at radius 3 is 2.78 bits per heavy atom. The molecule has 23 heavy (non-hydrogen) atoms. The molecule has 0 radical (unpaired) electrons. The Bertz CT molecular complexity index is 587. The predicted octanol–water partition coefficient (Wildman–Crippen LogP) is 3.09. The first-order valence-electron chi connectivity index (χ1n) is 8.07. The van der Waals surface area contributed by atoms with E-state index in [0.717, 1.165) is 31.4 Å². The minimum absolute atomic E-state index is 0.160. The van der Waals surface area contributed by atoms with E-state index in [9.17, 15) is 4.79 Å². The molecule has 2 atom stereocenters. The minimum Gasteiger partial charge on any atom is -0.444 e. The van der Waals surface area contributed by atoms with Gasteiger partial charge >= 0.3 is 6.09 Å². The summed E-state index contributed by atoms with van der Waals surface area (Å²) in [5.41, 5.74) is 1.32. The minimum atomic E-state index is -0.466. The van der Waals surface area contributed by atoms with Gasteiger partial charge in [-0.05, 0) is 57.7 Å². The van der Waals surface area contributed by atoms with Crippen molar-refractivity contribution in [2.24, 2.45) is 0 Å². The van der Waals surface area contributed by atoms with Crippen LogP contribution in [0.15, 0.2) is 24.3 Å². The average Bonchev–Trinajstić information content (AvgIpc) is 2.90. The number of nitrogens with zero attached hydrogens (tertiary/aromatic N) is 1. The summed E-state index contributed by atoms with van der Waals surface area (Å²) in [6.07, 6.45) is 2.54. The lowest BCUT2D eigenvalue weighted by atomic mass is 10.1. The van der Waals surface area contributed by atoms with Crippen LogP contribution in [0, 0.1) is 11.3 Å². The fourth-order valence-corrected chi connectivity index (χ4v) is 2.79. The summed E-state index contributed by atoms with van der Waals surface area (Å²) in [5.74, 6) is 0. The first-order valence-corrected chi connectivity index (χ1v) is 8.07. The van der Waals surface area contributed by atoms with Crippen molar-refractivity contribution in [3.63, 3.8) is 0 Å². The van der Waals surface area contributed by atoms with Gasteiger partial charge in [-0.25, -0.2) is 4.79 Å². The average molecular weight is 315 g/mol. The fourth-order valence-electron chi connectivity index (χ4n) is 2.79. The second kappa shape index (κ2) is 7.47. The number of nitrogens with one attached hydrogen (secondary N) is 2. The van der Waals surface area contributed by atoms with E-state index in [1.165, 1.54) is 0 Å². The third-order valence-electron chi connectivity index (χ3n) is 3.80. The van der Waals surface area contributed by atoms with E-state index in [0.29, 0.717) is 11.6 Å². The van der Waals surface area contributed by atoms with Crippen molar-refractivity contribution in [3.8, 4) is 6.07 Å². The van der Waals surface area contributed by atoms with Gasteiger partial charge in [0.15, 0.2) is 0 Å². The molecule has 5 nitrogen and oxygen atoms in total. The molecule has 0 aliphatic heterocycles. The highest BCUT2D eigenvalue weighted by molar-refractivity contribution is 5.68. The van der Waals surface area contributed by atoms with Crippen molar-refractivity contribution in [2.75, 3.05) is 0 Å². The van der Waals surface area contributed by atoms with E-state index in [1.54, 1.807) is 6.07 Å². The number of carbonyl (C=O) groups is 1. The van der Waals surface area contributed by atoms with Gasteiger partial charge < -0.3 is 15.4 Å². The summed E-state index contributed by atoms with van der Waals surface area (Å²) in [4.78, 5) is 11.8. The molecule has 1 aromatic carbocycles. The van der Waals surface area contributed by atoms with Crippen molar-refractivity contribution >= 4 is 6.09 Å². The predicted molar refractivity (Wildman–Crippen MR) is 88.8 cm³/mol. The van der Waals surface area contributed by atoms with Crippen molar-refractivity contribution < 1.29 is 9.53 Å². The maximum Gasteiger partial charge on any atom is 0.407 e. The molecule has 0 saturated heterocycles. The van der Waals surface area contributed by atoms with Gasteiger partial charge in [0.2, 0.25) is 0 Å². The number of nitriles is 1. The smallest absolute Gasteiger partial charge is 0.407 e. The van der Waals surface area contributed by atoms with Crippen LogP contribution < -0.4 is 10.6 Å². The number of ether oxygens (including phenoxy) is 1. The van der Waals surface area contributed by atoms with Crippen LogP contribution in [0.3, 0.4) is 0 Å². The number of carbonyl (C=O) groups excluding carboxylic acids is 1. The van der Waals surface area contributed by atoms with Gasteiger partial charge in [0, 0.05) is 18.6 Å². The SMILES string of the molecule is CC(C)(C)OC(=O)NC1CCC(NCc2cccc(C#N)c2)C1. The Morgan fingerprint density at radius 1 is 1.35 bits per heavy atom. The van der Waals surface area contributed by atoms with Crippen molar-refractivity contribution in [2.45, 2.75) is 64.3 Å². The van der Waals surface area contributed by atoms with Gasteiger partial charge in [0.1, 0.15) is 5.60 Å². The van der Waals surface area contributed by atoms with Gasteiger partial charge in [-0.3, -0.25) is 0 Å². The van der Waals surface area contributed by atoms with Crippen LogP contribution in [-0.4, -0.2) is 23.8 Å². The summed E-state index contributed by atoms with van der Waals surface area (Å²) in [6.45, 7) is 6.32. The third-order valence-corrected chi connectivity index (χ3v) is 3.80. The zero-order valence-corrected chi connectivity index (χ0v) is 14.1. The maximum absolute atomic E-state index is 11.8. The van der Waals surface area contributed by atoms with E-state index < -0.39 is 5.60 Å². The topological polar surface area (TPSA) is 74.2 Å². The monoisotopic (exact) mass is 315 g/mol. The molecule has 1 saturated carbocycles. The molecule has 0 heterocycles. The Balaban J connectivity index is 1.75. The number of alkyl carbamates (subject to hydrolysis) is 1. The summed E-state index contributed by atoms with van der Waals surface area (Å²) in [6, 6.07) is 10.3. The lowest BCUT2D eigenvalue weighted by Gasteiger charge is -2.21. The quantitative estimate of drug-likeness (QED) is 0.895. The lowest BCUT2D eigenvalue weighted by Crippen LogP contribution is -2.38. The van der Waals surface area contributed by atoms with Gasteiger partial charge in [-0.1, -0.05) is 12.1 Å². The molecule has 2 unspecified atom stereocenters. The number of benzene rings is 1. The van der Waals surface area contributed by atoms with Crippen molar-refractivity contribution in [3.05, 3.63) is 35.4 Å². The molecule has 0 bridgehead atoms. The normalized spacial score (nSPS) is 20.8. The molecule has 1 aliphatic rings. The number of rotatable bonds is 4. The first-order chi connectivity index (χ1) is 10.9. The Labute approximate surface area is 138 Å². The Kier molecular flexibility index (Phi) is 5.62. The van der Waals surface area contributed by atoms with Crippen LogP contribution in [0.2, 0.25) is 0 Å². The molecule has 0 aromatic heterocycles. The molecule has 0 spiro atoms. The number of amides is 1. The van der Waals surface area contributed by atoms with Crippen molar-refractivity contribution in [1.29, 1.82) is 5.26 Å². The molecule has 1 aliphatic carbocycles. The highest BCUT2D eigenvalue weighted by Gasteiger charge is 2.27. The van der Waals surface area contributed by atoms with Crippen LogP contribution in [0.4, 0.5) is 4.79 Å². The fraction of sp³-hybridized carbons (Fsp3) is 0.556. The van der Waals surface area contributed by atoms with Gasteiger partial charge in [0.25, 0.3) is 0 Å². The van der Waals surface area contributed by atoms with Crippen LogP contribution in [0.1, 0.15) is 51.2 Å². The molecule has 124 valence electrons. The second-order valence-corrected chi connectivity index (χ2v) is 7.05. The largest absolute Gasteiger partial charge is 0.444 e. The Hall–Kier alpha value is -2.06. The van der Waals surface area contributed by atoms with E-state index in [4.69, 9.17) is 10.00 Å². The van der Waals surface area contributed by atoms with Crippen molar-refractivity contribution in [1.82, 2.24) is 10.6 Å². The molecule has 1 aromatic rings. The molecule has 2 N–H and O–H groups in total. The zero-order valence-electron chi connectivity index (χ0n) is 14.1. The zero-order chi connectivity index (χ0) is 16.9. The maximum atomic E-state index is 11.8. The third kappa shape index (κ3) is 5.91. The number of hydrogen-bond donors (Lipinski definition) is 2. The highest BCUT2D eigenvalue weighted by Crippen LogP contribution is 2.20. The van der Waals surface area contributed by atoms with Gasteiger partial charge in [-0.2, -0.15) is 5.26 Å². The van der Waals surface area contributed by atoms with Gasteiger partial charge in [0.05, 0.1) is 11.6 Å². The van der Waals surface area contributed by atoms with Gasteiger partial charge in [-0.15, -0.1) is 0 Å². The van der Waals surface area contributed by atoms with Crippen LogP contribution in [0.25, 0.3) is 0 Å². The second-order valence-electron chi connectivity index (χ2n) is 7.05. The molecule has 1 amide bonds.